The number of nitrogens with one attached hydrogen (secondary N) is 3. The molecule has 9 heteroatoms. The van der Waals surface area contributed by atoms with Crippen LogP contribution in [0, 0.1) is 11.3 Å². The number of aromatic amines is 1. The van der Waals surface area contributed by atoms with Gasteiger partial charge in [-0.1, -0.05) is 12.1 Å². The zero-order chi connectivity index (χ0) is 26.0. The normalized spacial score (nSPS) is 12.1. The van der Waals surface area contributed by atoms with Crippen molar-refractivity contribution in [2.75, 3.05) is 26.3 Å². The summed E-state index contributed by atoms with van der Waals surface area (Å²) in [5.41, 5.74) is 0.573. The summed E-state index contributed by atoms with van der Waals surface area (Å²) in [6, 6.07) is 17.6. The van der Waals surface area contributed by atoms with Gasteiger partial charge in [-0.2, -0.15) is 5.26 Å². The number of H-pyrrole nitrogens is 1. The number of aliphatic hydroxyl groups is 1. The van der Waals surface area contributed by atoms with Gasteiger partial charge in [-0.05, 0) is 56.7 Å². The molecule has 3 rings (SSSR count). The summed E-state index contributed by atoms with van der Waals surface area (Å²) in [4.78, 5) is 26.4. The Morgan fingerprint density at radius 2 is 1.97 bits per heavy atom. The van der Waals surface area contributed by atoms with Gasteiger partial charge in [0.15, 0.2) is 0 Å². The van der Waals surface area contributed by atoms with E-state index in [-0.39, 0.29) is 24.6 Å². The Labute approximate surface area is 210 Å². The zero-order valence-electron chi connectivity index (χ0n) is 20.5. The number of fused-ring (bicyclic) bond motifs is 1. The number of aromatic nitrogens is 1. The molecule has 1 unspecified atom stereocenters. The van der Waals surface area contributed by atoms with Crippen molar-refractivity contribution in [1.29, 1.82) is 5.26 Å². The summed E-state index contributed by atoms with van der Waals surface area (Å²) in [5, 5.41) is 26.4. The Kier molecular flexibility index (Phi) is 9.45. The number of hydrogen-bond donors (Lipinski definition) is 4. The molecule has 0 saturated heterocycles. The quantitative estimate of drug-likeness (QED) is 0.269. The monoisotopic (exact) mass is 492 g/mol. The van der Waals surface area contributed by atoms with E-state index in [1.54, 1.807) is 42.5 Å². The molecule has 3 aromatic rings. The second-order valence-electron chi connectivity index (χ2n) is 9.14. The minimum absolute atomic E-state index is 0.0449. The second kappa shape index (κ2) is 12.7. The van der Waals surface area contributed by atoms with E-state index in [4.69, 9.17) is 14.7 Å². The van der Waals surface area contributed by atoms with E-state index in [2.05, 4.69) is 21.7 Å². The highest BCUT2D eigenvalue weighted by Gasteiger charge is 2.20. The lowest BCUT2D eigenvalue weighted by Crippen LogP contribution is -2.51. The van der Waals surface area contributed by atoms with Crippen molar-refractivity contribution in [3.8, 4) is 17.6 Å². The molecule has 0 aliphatic heterocycles. The van der Waals surface area contributed by atoms with Crippen LogP contribution in [0.5, 0.6) is 11.5 Å². The highest BCUT2D eigenvalue weighted by molar-refractivity contribution is 5.79. The first-order valence-electron chi connectivity index (χ1n) is 11.8. The number of rotatable bonds is 13. The number of hydrogen-bond acceptors (Lipinski definition) is 7. The average molecular weight is 493 g/mol. The van der Waals surface area contributed by atoms with Gasteiger partial charge in [0.1, 0.15) is 30.3 Å². The van der Waals surface area contributed by atoms with Crippen LogP contribution in [0.2, 0.25) is 0 Å². The minimum Gasteiger partial charge on any atom is -0.494 e. The molecular formula is C27H32N4O5. The fourth-order valence-electron chi connectivity index (χ4n) is 3.44. The van der Waals surface area contributed by atoms with Crippen LogP contribution in [0.4, 0.5) is 0 Å². The molecule has 0 radical (unpaired) electrons. The van der Waals surface area contributed by atoms with Crippen LogP contribution in [0.15, 0.2) is 59.4 Å². The first-order valence-corrected chi connectivity index (χ1v) is 11.8. The number of para-hydroxylation sites is 1. The molecule has 0 aliphatic carbocycles. The summed E-state index contributed by atoms with van der Waals surface area (Å²) < 4.78 is 11.3. The molecule has 0 fully saturated rings. The Bertz CT molecular complexity index is 1260. The van der Waals surface area contributed by atoms with E-state index in [1.807, 2.05) is 19.9 Å². The molecule has 9 nitrogen and oxygen atoms in total. The number of ether oxygens (including phenoxy) is 2. The van der Waals surface area contributed by atoms with Crippen LogP contribution in [0.25, 0.3) is 10.9 Å². The molecule has 1 heterocycles. The van der Waals surface area contributed by atoms with Gasteiger partial charge in [0.2, 0.25) is 11.5 Å². The van der Waals surface area contributed by atoms with Gasteiger partial charge < -0.3 is 30.2 Å². The van der Waals surface area contributed by atoms with Crippen molar-refractivity contribution in [3.63, 3.8) is 0 Å². The molecule has 0 saturated carbocycles. The van der Waals surface area contributed by atoms with Crippen molar-refractivity contribution in [3.05, 3.63) is 70.5 Å². The summed E-state index contributed by atoms with van der Waals surface area (Å²) in [6.45, 7) is 4.96. The number of amides is 1. The van der Waals surface area contributed by atoms with Crippen molar-refractivity contribution in [2.24, 2.45) is 0 Å². The van der Waals surface area contributed by atoms with Gasteiger partial charge in [0.25, 0.3) is 0 Å². The van der Waals surface area contributed by atoms with Crippen molar-refractivity contribution in [2.45, 2.75) is 38.3 Å². The Hall–Kier alpha value is -3.87. The van der Waals surface area contributed by atoms with E-state index in [0.717, 1.165) is 10.9 Å². The smallest absolute Gasteiger partial charge is 0.248 e. The third-order valence-corrected chi connectivity index (χ3v) is 5.49. The molecule has 1 amide bonds. The molecule has 190 valence electrons. The minimum atomic E-state index is -0.778. The Balaban J connectivity index is 1.31. The predicted octanol–water partition coefficient (Wildman–Crippen LogP) is 2.48. The van der Waals surface area contributed by atoms with Gasteiger partial charge in [-0.15, -0.1) is 0 Å². The topological polar surface area (TPSA) is 136 Å². The SMILES string of the molecule is CC(C)(CNC(=O)CCCOc1ccc2[nH]c(=O)ccc2c1)NCC(O)COc1ccccc1C#N. The number of aliphatic hydroxyl groups excluding tert-OH is 1. The molecule has 36 heavy (non-hydrogen) atoms. The van der Waals surface area contributed by atoms with Gasteiger partial charge in [-0.3, -0.25) is 9.59 Å². The lowest BCUT2D eigenvalue weighted by molar-refractivity contribution is -0.121. The number of carbonyl (C=O) groups excluding carboxylic acids is 1. The summed E-state index contributed by atoms with van der Waals surface area (Å²) in [7, 11) is 0. The van der Waals surface area contributed by atoms with Crippen molar-refractivity contribution in [1.82, 2.24) is 15.6 Å². The largest absolute Gasteiger partial charge is 0.494 e. The first kappa shape index (κ1) is 26.7. The van der Waals surface area contributed by atoms with E-state index in [0.29, 0.717) is 43.1 Å². The molecule has 4 N–H and O–H groups in total. The molecule has 0 aliphatic rings. The van der Waals surface area contributed by atoms with Crippen LogP contribution in [-0.2, 0) is 4.79 Å². The zero-order valence-corrected chi connectivity index (χ0v) is 20.5. The van der Waals surface area contributed by atoms with Gasteiger partial charge in [0.05, 0.1) is 12.2 Å². The lowest BCUT2D eigenvalue weighted by atomic mass is 10.1. The molecule has 2 aromatic carbocycles. The predicted molar refractivity (Wildman–Crippen MR) is 137 cm³/mol. The van der Waals surface area contributed by atoms with Crippen molar-refractivity contribution >= 4 is 16.8 Å². The molecular weight excluding hydrogens is 460 g/mol. The van der Waals surface area contributed by atoms with Crippen LogP contribution in [0.3, 0.4) is 0 Å². The lowest BCUT2D eigenvalue weighted by Gasteiger charge is -2.28. The highest BCUT2D eigenvalue weighted by Crippen LogP contribution is 2.19. The summed E-state index contributed by atoms with van der Waals surface area (Å²) in [6.07, 6.45) is 0.106. The maximum Gasteiger partial charge on any atom is 0.248 e. The number of pyridine rings is 1. The number of benzene rings is 2. The number of β-amino-alcohol motifs (C(OH)–C–C–N with tert-alkyl or cyclic N) is 1. The van der Waals surface area contributed by atoms with Gasteiger partial charge >= 0.3 is 0 Å². The molecule has 0 bridgehead atoms. The van der Waals surface area contributed by atoms with E-state index >= 15 is 0 Å². The van der Waals surface area contributed by atoms with Crippen LogP contribution in [0.1, 0.15) is 32.3 Å². The van der Waals surface area contributed by atoms with E-state index < -0.39 is 11.6 Å². The molecule has 1 aromatic heterocycles. The second-order valence-corrected chi connectivity index (χ2v) is 9.14. The van der Waals surface area contributed by atoms with Gasteiger partial charge in [-0.25, -0.2) is 0 Å². The fraction of sp³-hybridized carbons (Fsp3) is 0.370. The third-order valence-electron chi connectivity index (χ3n) is 5.49. The first-order chi connectivity index (χ1) is 17.3. The average Bonchev–Trinajstić information content (AvgIpc) is 2.87. The van der Waals surface area contributed by atoms with Crippen molar-refractivity contribution < 1.29 is 19.4 Å². The van der Waals surface area contributed by atoms with Crippen LogP contribution < -0.4 is 25.7 Å². The summed E-state index contributed by atoms with van der Waals surface area (Å²) in [5.74, 6) is 1.03. The molecule has 1 atom stereocenters. The van der Waals surface area contributed by atoms with E-state index in [1.165, 1.54) is 6.07 Å². The van der Waals surface area contributed by atoms with E-state index in [9.17, 15) is 14.7 Å². The van der Waals surface area contributed by atoms with Crippen LogP contribution >= 0.6 is 0 Å². The maximum atomic E-state index is 12.2. The number of nitrogens with zero attached hydrogens (tertiary/aromatic N) is 1. The maximum absolute atomic E-state index is 12.2. The third kappa shape index (κ3) is 8.41. The Morgan fingerprint density at radius 3 is 2.78 bits per heavy atom. The Morgan fingerprint density at radius 1 is 1.17 bits per heavy atom. The number of carbonyl (C=O) groups is 1. The highest BCUT2D eigenvalue weighted by atomic mass is 16.5. The fourth-order valence-corrected chi connectivity index (χ4v) is 3.44. The number of nitriles is 1. The van der Waals surface area contributed by atoms with Gasteiger partial charge in [0, 0.05) is 42.0 Å². The molecule has 0 spiro atoms. The standard InChI is InChI=1S/C27H32N4O5/c1-27(2,30-16-21(32)17-36-24-7-4-3-6-20(24)15-28)18-29-25(33)8-5-13-35-22-10-11-23-19(14-22)9-12-26(34)31-23/h3-4,6-7,9-12,14,21,30,32H,5,8,13,16-18H2,1-2H3,(H,29,33)(H,31,34). The summed E-state index contributed by atoms with van der Waals surface area (Å²) >= 11 is 0. The van der Waals surface area contributed by atoms with Crippen LogP contribution in [-0.4, -0.2) is 53.9 Å².